The fraction of sp³-hybridized carbons (Fsp3) is 0.812. The van der Waals surface area contributed by atoms with Gasteiger partial charge in [-0.2, -0.15) is 5.10 Å². The number of rotatable bonds is 8. The van der Waals surface area contributed by atoms with Gasteiger partial charge in [0.1, 0.15) is 0 Å². The summed E-state index contributed by atoms with van der Waals surface area (Å²) in [5.41, 5.74) is 1.15. The molecule has 0 amide bonds. The van der Waals surface area contributed by atoms with Crippen molar-refractivity contribution in [2.75, 3.05) is 20.3 Å². The smallest absolute Gasteiger partial charge is 0.0834 e. The van der Waals surface area contributed by atoms with Crippen LogP contribution in [0.25, 0.3) is 0 Å². The molecule has 120 valence electrons. The van der Waals surface area contributed by atoms with Crippen molar-refractivity contribution < 1.29 is 4.74 Å². The topological polar surface area (TPSA) is 39.1 Å². The van der Waals surface area contributed by atoms with Gasteiger partial charge in [0.25, 0.3) is 0 Å². The highest BCUT2D eigenvalue weighted by molar-refractivity contribution is 6.31. The first-order chi connectivity index (χ1) is 10.3. The fourth-order valence-corrected chi connectivity index (χ4v) is 3.55. The van der Waals surface area contributed by atoms with Gasteiger partial charge in [0.15, 0.2) is 0 Å². The lowest BCUT2D eigenvalue weighted by Crippen LogP contribution is -2.32. The second-order valence-electron chi connectivity index (χ2n) is 5.92. The number of nitrogens with one attached hydrogen (secondary N) is 1. The summed E-state index contributed by atoms with van der Waals surface area (Å²) in [5.74, 6) is 0.667. The van der Waals surface area contributed by atoms with Gasteiger partial charge >= 0.3 is 0 Å². The van der Waals surface area contributed by atoms with Crippen molar-refractivity contribution in [1.82, 2.24) is 15.1 Å². The van der Waals surface area contributed by atoms with Gasteiger partial charge in [-0.1, -0.05) is 37.8 Å². The molecule has 0 bridgehead atoms. The van der Waals surface area contributed by atoms with Crippen molar-refractivity contribution in [2.45, 2.75) is 58.0 Å². The van der Waals surface area contributed by atoms with E-state index < -0.39 is 0 Å². The van der Waals surface area contributed by atoms with Gasteiger partial charge < -0.3 is 10.1 Å². The van der Waals surface area contributed by atoms with Crippen LogP contribution in [0.4, 0.5) is 0 Å². The number of hydrogen-bond acceptors (Lipinski definition) is 3. The molecule has 0 radical (unpaired) electrons. The maximum Gasteiger partial charge on any atom is 0.0834 e. The summed E-state index contributed by atoms with van der Waals surface area (Å²) in [5, 5.41) is 8.94. The third-order valence-electron chi connectivity index (χ3n) is 4.37. The summed E-state index contributed by atoms with van der Waals surface area (Å²) in [6.45, 7) is 4.65. The summed E-state index contributed by atoms with van der Waals surface area (Å²) in [4.78, 5) is 0. The van der Waals surface area contributed by atoms with Gasteiger partial charge in [-0.3, -0.25) is 4.68 Å². The summed E-state index contributed by atoms with van der Waals surface area (Å²) in [6.07, 6.45) is 9.51. The lowest BCUT2D eigenvalue weighted by atomic mass is 9.82. The molecule has 0 spiro atoms. The Labute approximate surface area is 133 Å². The number of aromatic nitrogens is 2. The molecule has 1 fully saturated rings. The minimum Gasteiger partial charge on any atom is -0.383 e. The number of methoxy groups -OCH3 is 1. The molecule has 1 heterocycles. The molecule has 1 aromatic heterocycles. The Kier molecular flexibility index (Phi) is 7.00. The van der Waals surface area contributed by atoms with Crippen LogP contribution >= 0.6 is 11.6 Å². The van der Waals surface area contributed by atoms with E-state index in [-0.39, 0.29) is 0 Å². The van der Waals surface area contributed by atoms with Crippen LogP contribution in [0.3, 0.4) is 0 Å². The van der Waals surface area contributed by atoms with E-state index in [1.807, 2.05) is 4.68 Å². The van der Waals surface area contributed by atoms with Gasteiger partial charge in [-0.15, -0.1) is 0 Å². The third-order valence-corrected chi connectivity index (χ3v) is 4.66. The molecule has 1 aliphatic rings. The Morgan fingerprint density at radius 1 is 1.43 bits per heavy atom. The first-order valence-electron chi connectivity index (χ1n) is 8.21. The normalized spacial score (nSPS) is 18.0. The summed E-state index contributed by atoms with van der Waals surface area (Å²) >= 11 is 6.45. The molecule has 5 heteroatoms. The summed E-state index contributed by atoms with van der Waals surface area (Å²) in [7, 11) is 1.72. The molecule has 1 atom stereocenters. The minimum atomic E-state index is 0.317. The zero-order chi connectivity index (χ0) is 15.1. The molecule has 1 saturated carbocycles. The van der Waals surface area contributed by atoms with Crippen molar-refractivity contribution in [2.24, 2.45) is 5.92 Å². The van der Waals surface area contributed by atoms with Crippen LogP contribution < -0.4 is 5.32 Å². The second-order valence-corrected chi connectivity index (χ2v) is 6.33. The fourth-order valence-electron chi connectivity index (χ4n) is 3.29. The SMILES string of the molecule is CCCNC(c1c(Cl)cnn1CCOC)C1CCCCC1. The van der Waals surface area contributed by atoms with Crippen molar-refractivity contribution in [3.05, 3.63) is 16.9 Å². The highest BCUT2D eigenvalue weighted by atomic mass is 35.5. The van der Waals surface area contributed by atoms with Crippen molar-refractivity contribution in [3.63, 3.8) is 0 Å². The van der Waals surface area contributed by atoms with Gasteiger partial charge in [0.2, 0.25) is 0 Å². The Morgan fingerprint density at radius 2 is 2.19 bits per heavy atom. The third kappa shape index (κ3) is 4.44. The van der Waals surface area contributed by atoms with E-state index in [0.29, 0.717) is 18.6 Å². The predicted octanol–water partition coefficient (Wildman–Crippen LogP) is 3.80. The average Bonchev–Trinajstić information content (AvgIpc) is 2.88. The van der Waals surface area contributed by atoms with Crippen molar-refractivity contribution >= 4 is 11.6 Å². The van der Waals surface area contributed by atoms with E-state index >= 15 is 0 Å². The molecule has 1 unspecified atom stereocenters. The largest absolute Gasteiger partial charge is 0.383 e. The molecular formula is C16H28ClN3O. The lowest BCUT2D eigenvalue weighted by molar-refractivity contribution is 0.179. The zero-order valence-corrected chi connectivity index (χ0v) is 14.0. The van der Waals surface area contributed by atoms with Crippen LogP contribution in [-0.2, 0) is 11.3 Å². The first-order valence-corrected chi connectivity index (χ1v) is 8.59. The molecule has 0 aliphatic heterocycles. The Morgan fingerprint density at radius 3 is 2.86 bits per heavy atom. The molecule has 21 heavy (non-hydrogen) atoms. The Bertz CT molecular complexity index is 416. The van der Waals surface area contributed by atoms with Crippen LogP contribution in [0.2, 0.25) is 5.02 Å². The molecule has 1 N–H and O–H groups in total. The second kappa shape index (κ2) is 8.76. The molecular weight excluding hydrogens is 286 g/mol. The van der Waals surface area contributed by atoms with E-state index in [9.17, 15) is 0 Å². The number of nitrogens with zero attached hydrogens (tertiary/aromatic N) is 2. The minimum absolute atomic E-state index is 0.317. The zero-order valence-electron chi connectivity index (χ0n) is 13.3. The number of hydrogen-bond donors (Lipinski definition) is 1. The number of halogens is 1. The lowest BCUT2D eigenvalue weighted by Gasteiger charge is -2.32. The monoisotopic (exact) mass is 313 g/mol. The van der Waals surface area contributed by atoms with E-state index in [1.165, 1.54) is 32.1 Å². The van der Waals surface area contributed by atoms with Crippen molar-refractivity contribution in [3.8, 4) is 0 Å². The van der Waals surface area contributed by atoms with Gasteiger partial charge in [0, 0.05) is 7.11 Å². The van der Waals surface area contributed by atoms with Crippen LogP contribution in [0.5, 0.6) is 0 Å². The van der Waals surface area contributed by atoms with Crippen LogP contribution in [-0.4, -0.2) is 30.0 Å². The molecule has 0 saturated heterocycles. The van der Waals surface area contributed by atoms with Crippen LogP contribution in [0, 0.1) is 5.92 Å². The van der Waals surface area contributed by atoms with E-state index in [0.717, 1.165) is 30.2 Å². The summed E-state index contributed by atoms with van der Waals surface area (Å²) in [6, 6.07) is 0.317. The molecule has 1 aliphatic carbocycles. The maximum absolute atomic E-state index is 6.45. The number of ether oxygens (including phenoxy) is 1. The molecule has 2 rings (SSSR count). The van der Waals surface area contributed by atoms with E-state index in [1.54, 1.807) is 13.3 Å². The van der Waals surface area contributed by atoms with Crippen LogP contribution in [0.15, 0.2) is 6.20 Å². The molecule has 4 nitrogen and oxygen atoms in total. The summed E-state index contributed by atoms with van der Waals surface area (Å²) < 4.78 is 7.21. The van der Waals surface area contributed by atoms with Gasteiger partial charge in [-0.25, -0.2) is 0 Å². The predicted molar refractivity (Wildman–Crippen MR) is 86.7 cm³/mol. The van der Waals surface area contributed by atoms with Gasteiger partial charge in [-0.05, 0) is 31.7 Å². The van der Waals surface area contributed by atoms with Crippen LogP contribution in [0.1, 0.15) is 57.2 Å². The average molecular weight is 314 g/mol. The van der Waals surface area contributed by atoms with Gasteiger partial charge in [0.05, 0.1) is 36.1 Å². The highest BCUT2D eigenvalue weighted by Crippen LogP contribution is 2.37. The maximum atomic E-state index is 6.45. The quantitative estimate of drug-likeness (QED) is 0.793. The first kappa shape index (κ1) is 16.8. The Balaban J connectivity index is 2.19. The van der Waals surface area contributed by atoms with E-state index in [2.05, 4.69) is 17.3 Å². The highest BCUT2D eigenvalue weighted by Gasteiger charge is 2.29. The Hall–Kier alpha value is -0.580. The standard InChI is InChI=1S/C16H28ClN3O/c1-3-9-18-15(13-7-5-4-6-8-13)16-14(17)12-19-20(16)10-11-21-2/h12-13,15,18H,3-11H2,1-2H3. The molecule has 1 aromatic rings. The van der Waals surface area contributed by atoms with Crippen molar-refractivity contribution in [1.29, 1.82) is 0 Å². The molecule has 0 aromatic carbocycles. The van der Waals surface area contributed by atoms with E-state index in [4.69, 9.17) is 16.3 Å².